The van der Waals surface area contributed by atoms with Crippen LogP contribution in [0.25, 0.3) is 0 Å². The Morgan fingerprint density at radius 1 is 1.10 bits per heavy atom. The molecule has 164 valence electrons. The second-order valence-electron chi connectivity index (χ2n) is 8.47. The molecule has 0 amide bonds. The van der Waals surface area contributed by atoms with Crippen molar-refractivity contribution in [3.05, 3.63) is 23.9 Å². The van der Waals surface area contributed by atoms with Crippen molar-refractivity contribution in [2.75, 3.05) is 57.3 Å². The van der Waals surface area contributed by atoms with Gasteiger partial charge < -0.3 is 20.0 Å². The van der Waals surface area contributed by atoms with Crippen LogP contribution in [0.5, 0.6) is 0 Å². The minimum atomic E-state index is 0. The highest BCUT2D eigenvalue weighted by Gasteiger charge is 2.24. The van der Waals surface area contributed by atoms with Gasteiger partial charge in [-0.3, -0.25) is 0 Å². The van der Waals surface area contributed by atoms with Crippen LogP contribution in [0, 0.1) is 11.8 Å². The lowest BCUT2D eigenvalue weighted by Gasteiger charge is -2.37. The molecule has 0 spiro atoms. The summed E-state index contributed by atoms with van der Waals surface area (Å²) < 4.78 is 0. The standard InChI is InChI=1S/C22H38N6.HI/c1-5-23-22(28-16-18(3)13-19(4)17-28)25-15-20-7-8-21(24-14-20)27-11-9-26(6-2)10-12-27;/h7-8,14,18-19H,5-6,9-13,15-17H2,1-4H3,(H,23,25);1H. The number of halogens is 1. The molecule has 0 aliphatic carbocycles. The van der Waals surface area contributed by atoms with Gasteiger partial charge in [0.25, 0.3) is 0 Å². The number of nitrogens with zero attached hydrogens (tertiary/aromatic N) is 5. The Kier molecular flexibility index (Phi) is 9.95. The molecule has 0 aromatic carbocycles. The fraction of sp³-hybridized carbons (Fsp3) is 0.727. The Bertz CT molecular complexity index is 617. The molecule has 2 aliphatic rings. The summed E-state index contributed by atoms with van der Waals surface area (Å²) in [5, 5.41) is 3.48. The van der Waals surface area contributed by atoms with Crippen molar-refractivity contribution in [3.63, 3.8) is 0 Å². The van der Waals surface area contributed by atoms with Crippen molar-refractivity contribution in [2.45, 2.75) is 40.7 Å². The second kappa shape index (κ2) is 11.9. The van der Waals surface area contributed by atoms with Gasteiger partial charge in [-0.1, -0.05) is 26.8 Å². The number of aliphatic imine (C=N–C) groups is 1. The maximum Gasteiger partial charge on any atom is 0.194 e. The highest BCUT2D eigenvalue weighted by Crippen LogP contribution is 2.21. The topological polar surface area (TPSA) is 47.0 Å². The van der Waals surface area contributed by atoms with E-state index in [1.54, 1.807) is 0 Å². The number of hydrogen-bond acceptors (Lipinski definition) is 4. The first-order valence-corrected chi connectivity index (χ1v) is 11.0. The normalized spacial score (nSPS) is 23.7. The highest BCUT2D eigenvalue weighted by molar-refractivity contribution is 14.0. The number of piperidine rings is 1. The lowest BCUT2D eigenvalue weighted by atomic mass is 9.92. The molecule has 0 radical (unpaired) electrons. The van der Waals surface area contributed by atoms with Gasteiger partial charge in [-0.05, 0) is 43.4 Å². The molecule has 3 heterocycles. The lowest BCUT2D eigenvalue weighted by Crippen LogP contribution is -2.48. The average Bonchev–Trinajstić information content (AvgIpc) is 2.71. The van der Waals surface area contributed by atoms with E-state index in [0.29, 0.717) is 6.54 Å². The smallest absolute Gasteiger partial charge is 0.194 e. The van der Waals surface area contributed by atoms with Gasteiger partial charge in [-0.15, -0.1) is 24.0 Å². The molecule has 7 heteroatoms. The molecule has 2 atom stereocenters. The zero-order chi connectivity index (χ0) is 19.9. The van der Waals surface area contributed by atoms with E-state index in [2.05, 4.69) is 59.8 Å². The Morgan fingerprint density at radius 2 is 1.79 bits per heavy atom. The van der Waals surface area contributed by atoms with Crippen LogP contribution >= 0.6 is 24.0 Å². The third kappa shape index (κ3) is 6.98. The van der Waals surface area contributed by atoms with E-state index in [-0.39, 0.29) is 24.0 Å². The van der Waals surface area contributed by atoms with Gasteiger partial charge in [0.2, 0.25) is 0 Å². The first-order chi connectivity index (χ1) is 13.6. The van der Waals surface area contributed by atoms with Crippen LogP contribution in [-0.4, -0.2) is 73.1 Å². The first kappa shape index (κ1) is 24.2. The number of aromatic nitrogens is 1. The Labute approximate surface area is 194 Å². The predicted octanol–water partition coefficient (Wildman–Crippen LogP) is 3.28. The number of likely N-dealkylation sites (tertiary alicyclic amines) is 1. The number of hydrogen-bond donors (Lipinski definition) is 1. The van der Waals surface area contributed by atoms with Gasteiger partial charge in [-0.2, -0.15) is 0 Å². The van der Waals surface area contributed by atoms with E-state index in [4.69, 9.17) is 9.98 Å². The van der Waals surface area contributed by atoms with Crippen molar-refractivity contribution < 1.29 is 0 Å². The fourth-order valence-electron chi connectivity index (χ4n) is 4.42. The average molecular weight is 515 g/mol. The molecule has 6 nitrogen and oxygen atoms in total. The Morgan fingerprint density at radius 3 is 2.34 bits per heavy atom. The summed E-state index contributed by atoms with van der Waals surface area (Å²) in [5.41, 5.74) is 1.17. The number of nitrogens with one attached hydrogen (secondary N) is 1. The number of pyridine rings is 1. The van der Waals surface area contributed by atoms with E-state index in [9.17, 15) is 0 Å². The SMILES string of the molecule is CCNC(=NCc1ccc(N2CCN(CC)CC2)nc1)N1CC(C)CC(C)C1.I. The van der Waals surface area contributed by atoms with Crippen LogP contribution < -0.4 is 10.2 Å². The summed E-state index contributed by atoms with van der Waals surface area (Å²) in [5.74, 6) is 3.58. The van der Waals surface area contributed by atoms with Crippen molar-refractivity contribution >= 4 is 35.8 Å². The molecule has 3 rings (SSSR count). The monoisotopic (exact) mass is 514 g/mol. The maximum absolute atomic E-state index is 4.91. The molecular weight excluding hydrogens is 475 g/mol. The predicted molar refractivity (Wildman–Crippen MR) is 133 cm³/mol. The summed E-state index contributed by atoms with van der Waals surface area (Å²) in [7, 11) is 0. The van der Waals surface area contributed by atoms with Crippen molar-refractivity contribution in [1.82, 2.24) is 20.1 Å². The van der Waals surface area contributed by atoms with Crippen LogP contribution in [-0.2, 0) is 6.54 Å². The molecule has 2 aliphatic heterocycles. The van der Waals surface area contributed by atoms with Gasteiger partial charge in [0.05, 0.1) is 6.54 Å². The zero-order valence-corrected chi connectivity index (χ0v) is 20.9. The van der Waals surface area contributed by atoms with Crippen molar-refractivity contribution in [3.8, 4) is 0 Å². The number of anilines is 1. The van der Waals surface area contributed by atoms with Gasteiger partial charge in [0.1, 0.15) is 5.82 Å². The summed E-state index contributed by atoms with van der Waals surface area (Å²) >= 11 is 0. The van der Waals surface area contributed by atoms with E-state index < -0.39 is 0 Å². The molecule has 0 bridgehead atoms. The molecule has 2 fully saturated rings. The van der Waals surface area contributed by atoms with Crippen LogP contribution in [0.3, 0.4) is 0 Å². The highest BCUT2D eigenvalue weighted by atomic mass is 127. The van der Waals surface area contributed by atoms with Crippen LogP contribution in [0.1, 0.15) is 39.7 Å². The summed E-state index contributed by atoms with van der Waals surface area (Å²) in [6.07, 6.45) is 3.31. The van der Waals surface area contributed by atoms with Gasteiger partial charge in [0.15, 0.2) is 5.96 Å². The maximum atomic E-state index is 4.91. The number of likely N-dealkylation sites (N-methyl/N-ethyl adjacent to an activating group) is 1. The molecule has 2 unspecified atom stereocenters. The number of guanidine groups is 1. The third-order valence-electron chi connectivity index (χ3n) is 5.87. The molecule has 29 heavy (non-hydrogen) atoms. The quantitative estimate of drug-likeness (QED) is 0.372. The minimum Gasteiger partial charge on any atom is -0.357 e. The van der Waals surface area contributed by atoms with E-state index in [1.807, 2.05) is 6.20 Å². The largest absolute Gasteiger partial charge is 0.357 e. The van der Waals surface area contributed by atoms with Gasteiger partial charge in [-0.25, -0.2) is 9.98 Å². The second-order valence-corrected chi connectivity index (χ2v) is 8.47. The molecule has 1 N–H and O–H groups in total. The summed E-state index contributed by atoms with van der Waals surface area (Å²) in [6.45, 7) is 18.3. The molecule has 1 aromatic heterocycles. The van der Waals surface area contributed by atoms with Crippen LogP contribution in [0.15, 0.2) is 23.3 Å². The zero-order valence-electron chi connectivity index (χ0n) is 18.6. The third-order valence-corrected chi connectivity index (χ3v) is 5.87. The molecule has 2 saturated heterocycles. The van der Waals surface area contributed by atoms with Crippen molar-refractivity contribution in [1.29, 1.82) is 0 Å². The molecule has 1 aromatic rings. The van der Waals surface area contributed by atoms with E-state index >= 15 is 0 Å². The summed E-state index contributed by atoms with van der Waals surface area (Å²) in [4.78, 5) is 16.9. The Balaban J connectivity index is 0.00000300. The fourth-order valence-corrected chi connectivity index (χ4v) is 4.42. The van der Waals surface area contributed by atoms with Gasteiger partial charge >= 0.3 is 0 Å². The summed E-state index contributed by atoms with van der Waals surface area (Å²) in [6, 6.07) is 4.34. The molecule has 0 saturated carbocycles. The van der Waals surface area contributed by atoms with Crippen LogP contribution in [0.4, 0.5) is 5.82 Å². The first-order valence-electron chi connectivity index (χ1n) is 11.0. The lowest BCUT2D eigenvalue weighted by molar-refractivity contribution is 0.208. The Hall–Kier alpha value is -1.09. The van der Waals surface area contributed by atoms with Gasteiger partial charge in [0, 0.05) is 52.0 Å². The van der Waals surface area contributed by atoms with E-state index in [0.717, 1.165) is 76.0 Å². The minimum absolute atomic E-state index is 0. The van der Waals surface area contributed by atoms with Crippen LogP contribution in [0.2, 0.25) is 0 Å². The molecular formula is C22H39IN6. The number of rotatable bonds is 5. The van der Waals surface area contributed by atoms with E-state index in [1.165, 1.54) is 12.0 Å². The van der Waals surface area contributed by atoms with Crippen molar-refractivity contribution in [2.24, 2.45) is 16.8 Å². The number of piperazine rings is 1.